The number of ether oxygens (including phenoxy) is 2. The fourth-order valence-electron chi connectivity index (χ4n) is 3.10. The third-order valence-electron chi connectivity index (χ3n) is 4.28. The Morgan fingerprint density at radius 2 is 1.96 bits per heavy atom. The van der Waals surface area contributed by atoms with Crippen molar-refractivity contribution in [3.63, 3.8) is 0 Å². The molecule has 0 unspecified atom stereocenters. The molecule has 0 spiro atoms. The Morgan fingerprint density at radius 3 is 2.63 bits per heavy atom. The maximum atomic E-state index is 11.5. The zero-order valence-corrected chi connectivity index (χ0v) is 15.7. The van der Waals surface area contributed by atoms with E-state index in [9.17, 15) is 4.79 Å². The number of carbonyl (C=O) groups is 1. The van der Waals surface area contributed by atoms with E-state index < -0.39 is 6.29 Å². The van der Waals surface area contributed by atoms with Crippen molar-refractivity contribution in [2.24, 2.45) is 0 Å². The summed E-state index contributed by atoms with van der Waals surface area (Å²) in [6.07, 6.45) is 5.64. The number of methoxy groups -OCH3 is 2. The zero-order valence-electron chi connectivity index (χ0n) is 15.7. The van der Waals surface area contributed by atoms with Crippen molar-refractivity contribution >= 4 is 11.6 Å². The number of nitrogens with zero attached hydrogens (tertiary/aromatic N) is 2. The summed E-state index contributed by atoms with van der Waals surface area (Å²) >= 11 is 0. The molecule has 0 atom stereocenters. The van der Waals surface area contributed by atoms with Gasteiger partial charge in [-0.15, -0.1) is 0 Å². The number of para-hydroxylation sites is 1. The van der Waals surface area contributed by atoms with E-state index in [1.54, 1.807) is 26.7 Å². The Bertz CT molecular complexity index is 903. The molecule has 0 saturated carbocycles. The molecule has 0 aliphatic heterocycles. The maximum absolute atomic E-state index is 11.5. The summed E-state index contributed by atoms with van der Waals surface area (Å²) in [5, 5.41) is 2.84. The highest BCUT2D eigenvalue weighted by Gasteiger charge is 2.16. The fourth-order valence-corrected chi connectivity index (χ4v) is 3.10. The summed E-state index contributed by atoms with van der Waals surface area (Å²) in [4.78, 5) is 15.7. The fraction of sp³-hybridized carbons (Fsp3) is 0.238. The van der Waals surface area contributed by atoms with Crippen LogP contribution in [-0.4, -0.2) is 29.7 Å². The molecule has 0 saturated heterocycles. The number of carbonyl (C=O) groups excluding carboxylic acids is 1. The van der Waals surface area contributed by atoms with Crippen molar-refractivity contribution in [3.8, 4) is 5.69 Å². The average Bonchev–Trinajstić information content (AvgIpc) is 3.19. The van der Waals surface area contributed by atoms with Crippen LogP contribution in [0, 0.1) is 0 Å². The molecular formula is C21H23N3O3. The van der Waals surface area contributed by atoms with Gasteiger partial charge >= 0.3 is 0 Å². The lowest BCUT2D eigenvalue weighted by molar-refractivity contribution is -0.114. The summed E-state index contributed by atoms with van der Waals surface area (Å²) in [5.41, 5.74) is 4.80. The first kappa shape index (κ1) is 18.8. The van der Waals surface area contributed by atoms with E-state index in [2.05, 4.69) is 22.4 Å². The molecule has 1 N–H and O–H groups in total. The predicted molar refractivity (Wildman–Crippen MR) is 104 cm³/mol. The van der Waals surface area contributed by atoms with Crippen molar-refractivity contribution in [1.29, 1.82) is 0 Å². The van der Waals surface area contributed by atoms with E-state index in [-0.39, 0.29) is 5.91 Å². The second-order valence-corrected chi connectivity index (χ2v) is 6.18. The number of imidazole rings is 1. The minimum absolute atomic E-state index is 0.139. The summed E-state index contributed by atoms with van der Waals surface area (Å²) in [5.74, 6) is -0.139. The quantitative estimate of drug-likeness (QED) is 0.648. The van der Waals surface area contributed by atoms with Gasteiger partial charge in [0.1, 0.15) is 0 Å². The van der Waals surface area contributed by atoms with Gasteiger partial charge < -0.3 is 19.4 Å². The molecule has 6 nitrogen and oxygen atoms in total. The standard InChI is InChI=1S/C21H23N3O3/c1-15(25)23-19-9-8-16(13-18(19)21(26-2)27-3)12-17-6-4-5-7-20(17)24-11-10-22-14-24/h4-11,13-14,21H,12H2,1-3H3,(H,23,25). The lowest BCUT2D eigenvalue weighted by Gasteiger charge is -2.19. The van der Waals surface area contributed by atoms with Crippen LogP contribution in [0.1, 0.15) is 29.9 Å². The van der Waals surface area contributed by atoms with Gasteiger partial charge in [-0.1, -0.05) is 24.3 Å². The summed E-state index contributed by atoms with van der Waals surface area (Å²) in [7, 11) is 3.15. The minimum atomic E-state index is -0.560. The van der Waals surface area contributed by atoms with Gasteiger partial charge in [-0.2, -0.15) is 0 Å². The molecule has 2 aromatic carbocycles. The molecule has 0 radical (unpaired) electrons. The summed E-state index contributed by atoms with van der Waals surface area (Å²) < 4.78 is 12.8. The van der Waals surface area contributed by atoms with Gasteiger partial charge in [-0.25, -0.2) is 4.98 Å². The molecule has 6 heteroatoms. The van der Waals surface area contributed by atoms with E-state index in [1.807, 2.05) is 41.1 Å². The number of hydrogen-bond donors (Lipinski definition) is 1. The number of benzene rings is 2. The average molecular weight is 365 g/mol. The van der Waals surface area contributed by atoms with Gasteiger partial charge in [0.05, 0.1) is 6.33 Å². The number of anilines is 1. The van der Waals surface area contributed by atoms with Crippen molar-refractivity contribution < 1.29 is 14.3 Å². The maximum Gasteiger partial charge on any atom is 0.221 e. The van der Waals surface area contributed by atoms with E-state index in [0.717, 1.165) is 23.2 Å². The summed E-state index contributed by atoms with van der Waals surface area (Å²) in [6, 6.07) is 14.1. The molecule has 3 aromatic rings. The first-order valence-electron chi connectivity index (χ1n) is 8.64. The zero-order chi connectivity index (χ0) is 19.2. The summed E-state index contributed by atoms with van der Waals surface area (Å²) in [6.45, 7) is 1.48. The lowest BCUT2D eigenvalue weighted by atomic mass is 10.00. The van der Waals surface area contributed by atoms with Crippen LogP contribution in [-0.2, 0) is 20.7 Å². The molecule has 1 aromatic heterocycles. The van der Waals surface area contributed by atoms with Crippen LogP contribution in [0.4, 0.5) is 5.69 Å². The van der Waals surface area contributed by atoms with Gasteiger partial charge in [0.15, 0.2) is 6.29 Å². The Hall–Kier alpha value is -2.96. The van der Waals surface area contributed by atoms with Crippen molar-refractivity contribution in [2.75, 3.05) is 19.5 Å². The van der Waals surface area contributed by atoms with Crippen LogP contribution in [0.15, 0.2) is 61.2 Å². The highest BCUT2D eigenvalue weighted by Crippen LogP contribution is 2.29. The van der Waals surface area contributed by atoms with Crippen LogP contribution in [0.25, 0.3) is 5.69 Å². The first-order valence-corrected chi connectivity index (χ1v) is 8.64. The SMILES string of the molecule is COC(OC)c1cc(Cc2ccccc2-n2ccnc2)ccc1NC(C)=O. The Balaban J connectivity index is 1.97. The molecular weight excluding hydrogens is 342 g/mol. The van der Waals surface area contributed by atoms with Gasteiger partial charge in [0.2, 0.25) is 5.91 Å². The topological polar surface area (TPSA) is 65.4 Å². The van der Waals surface area contributed by atoms with Gasteiger partial charge in [-0.05, 0) is 35.7 Å². The van der Waals surface area contributed by atoms with Crippen molar-refractivity contribution in [1.82, 2.24) is 9.55 Å². The third-order valence-corrected chi connectivity index (χ3v) is 4.28. The second kappa shape index (κ2) is 8.62. The lowest BCUT2D eigenvalue weighted by Crippen LogP contribution is -2.13. The molecule has 0 bridgehead atoms. The van der Waals surface area contributed by atoms with Gasteiger partial charge in [-0.3, -0.25) is 4.79 Å². The number of amides is 1. The van der Waals surface area contributed by atoms with Crippen LogP contribution in [0.5, 0.6) is 0 Å². The highest BCUT2D eigenvalue weighted by molar-refractivity contribution is 5.89. The first-order chi connectivity index (χ1) is 13.1. The smallest absolute Gasteiger partial charge is 0.221 e. The predicted octanol–water partition coefficient (Wildman–Crippen LogP) is 3.71. The van der Waals surface area contributed by atoms with Gasteiger partial charge in [0.25, 0.3) is 0 Å². The molecule has 1 amide bonds. The normalized spacial score (nSPS) is 11.0. The van der Waals surface area contributed by atoms with E-state index in [1.165, 1.54) is 12.5 Å². The molecule has 140 valence electrons. The van der Waals surface area contributed by atoms with Crippen molar-refractivity contribution in [3.05, 3.63) is 77.9 Å². The number of aromatic nitrogens is 2. The van der Waals surface area contributed by atoms with E-state index >= 15 is 0 Å². The van der Waals surface area contributed by atoms with Crippen LogP contribution < -0.4 is 5.32 Å². The number of rotatable bonds is 7. The van der Waals surface area contributed by atoms with Crippen LogP contribution in [0.2, 0.25) is 0 Å². The Labute approximate surface area is 158 Å². The Morgan fingerprint density at radius 1 is 1.19 bits per heavy atom. The molecule has 0 fully saturated rings. The van der Waals surface area contributed by atoms with Crippen LogP contribution >= 0.6 is 0 Å². The van der Waals surface area contributed by atoms with E-state index in [4.69, 9.17) is 9.47 Å². The number of hydrogen-bond acceptors (Lipinski definition) is 4. The van der Waals surface area contributed by atoms with Crippen LogP contribution in [0.3, 0.4) is 0 Å². The number of nitrogens with one attached hydrogen (secondary N) is 1. The Kier molecular flexibility index (Phi) is 6.01. The molecule has 0 aliphatic carbocycles. The molecule has 27 heavy (non-hydrogen) atoms. The van der Waals surface area contributed by atoms with Gasteiger partial charge in [0, 0.05) is 50.5 Å². The largest absolute Gasteiger partial charge is 0.352 e. The third kappa shape index (κ3) is 4.42. The van der Waals surface area contributed by atoms with Crippen molar-refractivity contribution in [2.45, 2.75) is 19.6 Å². The highest BCUT2D eigenvalue weighted by atomic mass is 16.7. The molecule has 1 heterocycles. The minimum Gasteiger partial charge on any atom is -0.352 e. The monoisotopic (exact) mass is 365 g/mol. The second-order valence-electron chi connectivity index (χ2n) is 6.18. The van der Waals surface area contributed by atoms with E-state index in [0.29, 0.717) is 5.69 Å². The molecule has 3 rings (SSSR count). The molecule has 0 aliphatic rings.